The van der Waals surface area contributed by atoms with Gasteiger partial charge in [-0.1, -0.05) is 24.3 Å². The second-order valence-corrected chi connectivity index (χ2v) is 11.4. The lowest BCUT2D eigenvalue weighted by molar-refractivity contribution is -0.136. The highest BCUT2D eigenvalue weighted by molar-refractivity contribution is 7.79. The van der Waals surface area contributed by atoms with Crippen molar-refractivity contribution in [1.82, 2.24) is 24.7 Å². The highest BCUT2D eigenvalue weighted by atomic mass is 32.2. The summed E-state index contributed by atoms with van der Waals surface area (Å²) in [5, 5.41) is 27.2. The van der Waals surface area contributed by atoms with Crippen molar-refractivity contribution in [3.05, 3.63) is 77.9 Å². The Morgan fingerprint density at radius 2 is 1.93 bits per heavy atom. The van der Waals surface area contributed by atoms with Crippen LogP contribution in [0.4, 0.5) is 5.95 Å². The number of fused-ring (bicyclic) bond motifs is 1. The number of benzene rings is 2. The molecule has 11 nitrogen and oxygen atoms in total. The molecule has 4 heterocycles. The molecule has 218 valence electrons. The number of phenolic OH excluding ortho intramolecular Hbond substituents is 1. The molecule has 5 aromatic rings. The molecule has 2 aromatic carbocycles. The minimum Gasteiger partial charge on any atom is -0.768 e. The van der Waals surface area contributed by atoms with Crippen LogP contribution in [0.15, 0.2) is 77.3 Å². The second kappa shape index (κ2) is 13.7. The molecule has 0 amide bonds. The van der Waals surface area contributed by atoms with Crippen molar-refractivity contribution in [2.24, 2.45) is 0 Å². The summed E-state index contributed by atoms with van der Waals surface area (Å²) in [6, 6.07) is 15.6. The standard InChI is InChI=1S/C20H20N6OS.C9H10O4S/c27-15-3-1-2-13(12-15)17-18(26-10-11-28-20(26)25-17)16-6-9-22-19(24-16)23-14-4-7-21-8-5-14;10-9(11)6-3-7-1-4-8(5-2-7)14(12)13/h1-3,6,9-12,14,21,27H,4-5,7-8H2,(H,22,23,24);1-2,4-5H,3,6H2,(H,10,11)(H,12,13)/p-1. The zero-order chi connectivity index (χ0) is 29.5. The molecule has 3 aromatic heterocycles. The Kier molecular flexibility index (Phi) is 9.54. The first-order valence-electron chi connectivity index (χ1n) is 13.3. The molecule has 0 spiro atoms. The predicted molar refractivity (Wildman–Crippen MR) is 160 cm³/mol. The van der Waals surface area contributed by atoms with Crippen LogP contribution in [0.5, 0.6) is 5.75 Å². The predicted octanol–water partition coefficient (Wildman–Crippen LogP) is 4.33. The van der Waals surface area contributed by atoms with Crippen molar-refractivity contribution in [3.63, 3.8) is 0 Å². The number of piperidine rings is 1. The van der Waals surface area contributed by atoms with Gasteiger partial charge in [0.2, 0.25) is 5.95 Å². The van der Waals surface area contributed by atoms with Gasteiger partial charge in [0.15, 0.2) is 4.96 Å². The minimum atomic E-state index is -2.22. The lowest BCUT2D eigenvalue weighted by atomic mass is 10.1. The average Bonchev–Trinajstić information content (AvgIpc) is 3.59. The normalized spacial score (nSPS) is 14.2. The number of aromatic nitrogens is 4. The number of imidazole rings is 1. The number of aryl methyl sites for hydroxylation is 1. The van der Waals surface area contributed by atoms with E-state index in [1.165, 1.54) is 12.1 Å². The molecule has 1 aliphatic rings. The van der Waals surface area contributed by atoms with E-state index in [1.54, 1.807) is 41.8 Å². The van der Waals surface area contributed by atoms with E-state index in [9.17, 15) is 18.7 Å². The molecule has 1 aliphatic heterocycles. The number of aliphatic carboxylic acids is 1. The summed E-state index contributed by atoms with van der Waals surface area (Å²) < 4.78 is 23.0. The van der Waals surface area contributed by atoms with E-state index < -0.39 is 17.0 Å². The number of thiazole rings is 1. The van der Waals surface area contributed by atoms with Crippen molar-refractivity contribution >= 4 is 39.3 Å². The van der Waals surface area contributed by atoms with Gasteiger partial charge in [0, 0.05) is 40.7 Å². The van der Waals surface area contributed by atoms with Crippen LogP contribution in [0.3, 0.4) is 0 Å². The maximum Gasteiger partial charge on any atom is 0.303 e. The molecule has 13 heteroatoms. The number of nitrogens with one attached hydrogen (secondary N) is 2. The number of aromatic hydroxyl groups is 1. The molecule has 1 atom stereocenters. The van der Waals surface area contributed by atoms with E-state index >= 15 is 0 Å². The molecule has 1 unspecified atom stereocenters. The topological polar surface area (TPSA) is 165 Å². The van der Waals surface area contributed by atoms with Crippen LogP contribution in [-0.2, 0) is 22.3 Å². The van der Waals surface area contributed by atoms with Crippen LogP contribution in [0, 0.1) is 0 Å². The zero-order valence-corrected chi connectivity index (χ0v) is 24.1. The van der Waals surface area contributed by atoms with Gasteiger partial charge in [-0.25, -0.2) is 15.0 Å². The molecular weight excluding hydrogens is 576 g/mol. The van der Waals surface area contributed by atoms with Crippen molar-refractivity contribution < 1.29 is 23.8 Å². The van der Waals surface area contributed by atoms with E-state index in [2.05, 4.69) is 15.6 Å². The van der Waals surface area contributed by atoms with Crippen molar-refractivity contribution in [1.29, 1.82) is 0 Å². The summed E-state index contributed by atoms with van der Waals surface area (Å²) in [7, 11) is 0. The maximum atomic E-state index is 10.5. The maximum absolute atomic E-state index is 10.5. The Morgan fingerprint density at radius 3 is 2.64 bits per heavy atom. The van der Waals surface area contributed by atoms with Gasteiger partial charge in [-0.2, -0.15) is 0 Å². The quantitative estimate of drug-likeness (QED) is 0.187. The molecule has 6 rings (SSSR count). The third kappa shape index (κ3) is 7.36. The van der Waals surface area contributed by atoms with Crippen LogP contribution in [0.1, 0.15) is 24.8 Å². The summed E-state index contributed by atoms with van der Waals surface area (Å²) in [6.07, 6.45) is 6.37. The SMILES string of the molecule is O=C(O)CCc1ccc(S(=O)[O-])cc1.Oc1cccc(-c2nc3sccn3c2-c2ccnc(NC3CCNCC3)n2)c1. The van der Waals surface area contributed by atoms with Crippen LogP contribution in [-0.4, -0.2) is 63.4 Å². The number of hydrogen-bond donors (Lipinski definition) is 4. The van der Waals surface area contributed by atoms with Gasteiger partial charge in [-0.15, -0.1) is 11.3 Å². The number of phenols is 1. The second-order valence-electron chi connectivity index (χ2n) is 9.62. The van der Waals surface area contributed by atoms with Crippen molar-refractivity contribution in [3.8, 4) is 28.4 Å². The van der Waals surface area contributed by atoms with E-state index in [1.807, 2.05) is 34.2 Å². The fourth-order valence-electron chi connectivity index (χ4n) is 4.61. The van der Waals surface area contributed by atoms with Crippen LogP contribution in [0.2, 0.25) is 0 Å². The Labute approximate surface area is 248 Å². The fourth-order valence-corrected chi connectivity index (χ4v) is 5.68. The average molecular weight is 606 g/mol. The molecule has 0 saturated carbocycles. The number of carboxylic acid groups (broad SMARTS) is 1. The highest BCUT2D eigenvalue weighted by Gasteiger charge is 2.20. The van der Waals surface area contributed by atoms with Crippen LogP contribution in [0.25, 0.3) is 27.6 Å². The minimum absolute atomic E-state index is 0.0554. The number of nitrogens with zero attached hydrogens (tertiary/aromatic N) is 4. The molecule has 0 radical (unpaired) electrons. The summed E-state index contributed by atoms with van der Waals surface area (Å²) in [4.78, 5) is 25.3. The molecule has 0 aliphatic carbocycles. The van der Waals surface area contributed by atoms with Crippen molar-refractivity contribution in [2.75, 3.05) is 18.4 Å². The largest absolute Gasteiger partial charge is 0.768 e. The zero-order valence-electron chi connectivity index (χ0n) is 22.5. The lowest BCUT2D eigenvalue weighted by Crippen LogP contribution is -2.35. The molecule has 1 fully saturated rings. The number of carboxylic acids is 1. The fraction of sp³-hybridized carbons (Fsp3) is 0.241. The van der Waals surface area contributed by atoms with Crippen LogP contribution >= 0.6 is 11.3 Å². The summed E-state index contributed by atoms with van der Waals surface area (Å²) in [5.74, 6) is -0.00586. The molecule has 4 N–H and O–H groups in total. The molecule has 0 bridgehead atoms. The van der Waals surface area contributed by atoms with Gasteiger partial charge in [0.25, 0.3) is 0 Å². The number of hydrogen-bond acceptors (Lipinski definition) is 10. The van der Waals surface area contributed by atoms with E-state index in [0.717, 1.165) is 59.1 Å². The third-order valence-electron chi connectivity index (χ3n) is 6.70. The molecular formula is C29H29N6O5S2-. The van der Waals surface area contributed by atoms with E-state index in [0.29, 0.717) is 18.4 Å². The monoisotopic (exact) mass is 605 g/mol. The Bertz CT molecular complexity index is 1680. The van der Waals surface area contributed by atoms with Gasteiger partial charge in [0.1, 0.15) is 11.4 Å². The van der Waals surface area contributed by atoms with Gasteiger partial charge in [-0.3, -0.25) is 13.4 Å². The summed E-state index contributed by atoms with van der Waals surface area (Å²) in [5.41, 5.74) is 4.18. The summed E-state index contributed by atoms with van der Waals surface area (Å²) >= 11 is -0.644. The first-order chi connectivity index (χ1) is 20.4. The highest BCUT2D eigenvalue weighted by Crippen LogP contribution is 2.34. The third-order valence-corrected chi connectivity index (χ3v) is 8.11. The van der Waals surface area contributed by atoms with E-state index in [-0.39, 0.29) is 17.1 Å². The first kappa shape index (κ1) is 29.3. The number of anilines is 1. The Hall–Kier alpha value is -4.17. The number of carbonyl (C=O) groups is 1. The van der Waals surface area contributed by atoms with Crippen LogP contribution < -0.4 is 10.6 Å². The summed E-state index contributed by atoms with van der Waals surface area (Å²) in [6.45, 7) is 2.02. The van der Waals surface area contributed by atoms with Gasteiger partial charge in [0.05, 0.1) is 11.4 Å². The Balaban J connectivity index is 0.000000214. The lowest BCUT2D eigenvalue weighted by Gasteiger charge is -2.23. The first-order valence-corrected chi connectivity index (χ1v) is 15.3. The van der Waals surface area contributed by atoms with Gasteiger partial charge < -0.3 is 25.4 Å². The molecule has 42 heavy (non-hydrogen) atoms. The Morgan fingerprint density at radius 1 is 1.14 bits per heavy atom. The van der Waals surface area contributed by atoms with Gasteiger partial charge >= 0.3 is 5.97 Å². The van der Waals surface area contributed by atoms with Gasteiger partial charge in [-0.05, 0) is 79.3 Å². The van der Waals surface area contributed by atoms with Crippen molar-refractivity contribution in [2.45, 2.75) is 36.6 Å². The van der Waals surface area contributed by atoms with E-state index in [4.69, 9.17) is 15.1 Å². The number of rotatable bonds is 8. The molecule has 1 saturated heterocycles. The smallest absolute Gasteiger partial charge is 0.303 e.